The number of allylic oxidation sites excluding steroid dienone is 3. The van der Waals surface area contributed by atoms with E-state index in [1.54, 1.807) is 12.2 Å². The van der Waals surface area contributed by atoms with E-state index in [2.05, 4.69) is 17.2 Å². The van der Waals surface area contributed by atoms with Crippen molar-refractivity contribution in [1.82, 2.24) is 10.6 Å². The number of amides is 2. The van der Waals surface area contributed by atoms with Crippen LogP contribution >= 0.6 is 0 Å². The van der Waals surface area contributed by atoms with Gasteiger partial charge in [-0.3, -0.25) is 9.59 Å². The van der Waals surface area contributed by atoms with E-state index >= 15 is 0 Å². The van der Waals surface area contributed by atoms with Crippen molar-refractivity contribution in [2.75, 3.05) is 19.8 Å². The van der Waals surface area contributed by atoms with E-state index in [1.807, 2.05) is 6.08 Å². The number of hydrogen-bond acceptors (Lipinski definition) is 7. The van der Waals surface area contributed by atoms with E-state index < -0.39 is 43.2 Å². The van der Waals surface area contributed by atoms with Gasteiger partial charge < -0.3 is 35.4 Å². The maximum Gasteiger partial charge on any atom is 0.220 e. The zero-order chi connectivity index (χ0) is 19.5. The molecule has 1 aliphatic heterocycles. The first kappa shape index (κ1) is 22.3. The Kier molecular flexibility index (Phi) is 10.1. The number of ether oxygens (including phenoxy) is 2. The first-order valence-electron chi connectivity index (χ1n) is 8.46. The van der Waals surface area contributed by atoms with E-state index in [1.165, 1.54) is 6.92 Å². The van der Waals surface area contributed by atoms with Crippen molar-refractivity contribution < 1.29 is 34.4 Å². The molecule has 1 fully saturated rings. The second kappa shape index (κ2) is 11.8. The van der Waals surface area contributed by atoms with Gasteiger partial charge in [0.1, 0.15) is 24.4 Å². The Morgan fingerprint density at radius 2 is 2.04 bits per heavy atom. The van der Waals surface area contributed by atoms with Gasteiger partial charge in [0.2, 0.25) is 11.8 Å². The molecule has 9 nitrogen and oxygen atoms in total. The Hall–Kier alpha value is -1.78. The van der Waals surface area contributed by atoms with Crippen molar-refractivity contribution in [3.8, 4) is 0 Å². The largest absolute Gasteiger partial charge is 0.394 e. The van der Waals surface area contributed by atoms with Crippen LogP contribution in [-0.2, 0) is 19.1 Å². The van der Waals surface area contributed by atoms with Crippen LogP contribution in [-0.4, -0.2) is 77.5 Å². The minimum atomic E-state index is -1.36. The third-order valence-corrected chi connectivity index (χ3v) is 3.77. The van der Waals surface area contributed by atoms with Gasteiger partial charge in [-0.25, -0.2) is 0 Å². The molecule has 1 heterocycles. The molecule has 2 amide bonds. The zero-order valence-corrected chi connectivity index (χ0v) is 14.8. The molecule has 0 saturated carbocycles. The molecule has 0 aliphatic carbocycles. The van der Waals surface area contributed by atoms with Crippen molar-refractivity contribution in [3.63, 3.8) is 0 Å². The molecule has 9 heteroatoms. The van der Waals surface area contributed by atoms with Gasteiger partial charge in [-0.2, -0.15) is 0 Å². The van der Waals surface area contributed by atoms with Gasteiger partial charge in [-0.15, -0.1) is 0 Å². The fraction of sp³-hybridized carbons (Fsp3) is 0.647. The first-order valence-corrected chi connectivity index (χ1v) is 8.46. The van der Waals surface area contributed by atoms with E-state index in [9.17, 15) is 24.9 Å². The Bertz CT molecular complexity index is 498. The van der Waals surface area contributed by atoms with Crippen molar-refractivity contribution in [2.24, 2.45) is 0 Å². The van der Waals surface area contributed by atoms with E-state index in [4.69, 9.17) is 9.47 Å². The number of carbonyl (C=O) groups is 2. The molecular weight excluding hydrogens is 344 g/mol. The summed E-state index contributed by atoms with van der Waals surface area (Å²) in [6.07, 6.45) is 1.32. The first-order chi connectivity index (χ1) is 12.4. The number of nitrogens with one attached hydrogen (secondary N) is 2. The average Bonchev–Trinajstić information content (AvgIpc) is 2.61. The monoisotopic (exact) mass is 372 g/mol. The highest BCUT2D eigenvalue weighted by Crippen LogP contribution is 2.22. The molecule has 0 aromatic rings. The average molecular weight is 372 g/mol. The molecule has 1 aliphatic rings. The summed E-state index contributed by atoms with van der Waals surface area (Å²) in [5.41, 5.74) is 0. The maximum absolute atomic E-state index is 11.6. The molecule has 0 aromatic carbocycles. The highest BCUT2D eigenvalue weighted by atomic mass is 16.7. The van der Waals surface area contributed by atoms with Crippen LogP contribution in [0.2, 0.25) is 0 Å². The summed E-state index contributed by atoms with van der Waals surface area (Å²) in [4.78, 5) is 22.9. The minimum Gasteiger partial charge on any atom is -0.394 e. The van der Waals surface area contributed by atoms with Gasteiger partial charge >= 0.3 is 0 Å². The minimum absolute atomic E-state index is 0.0654. The van der Waals surface area contributed by atoms with Gasteiger partial charge in [0.05, 0.1) is 13.2 Å². The second-order valence-corrected chi connectivity index (χ2v) is 5.86. The van der Waals surface area contributed by atoms with Gasteiger partial charge in [-0.1, -0.05) is 24.8 Å². The SMILES string of the molecule is C=C/C=C/CCC(=O)NCCO[C@H]1O[C@H](CO)[C@@H](O)[C@H](O)[C@@H]1NC(C)=O. The molecule has 0 aromatic heterocycles. The van der Waals surface area contributed by atoms with Crippen LogP contribution in [0.3, 0.4) is 0 Å². The van der Waals surface area contributed by atoms with Crippen molar-refractivity contribution in [1.29, 1.82) is 0 Å². The molecule has 0 bridgehead atoms. The molecule has 148 valence electrons. The molecule has 0 spiro atoms. The fourth-order valence-corrected chi connectivity index (χ4v) is 2.47. The molecule has 5 atom stereocenters. The molecule has 26 heavy (non-hydrogen) atoms. The molecule has 0 radical (unpaired) electrons. The lowest BCUT2D eigenvalue weighted by atomic mass is 9.97. The van der Waals surface area contributed by atoms with Crippen molar-refractivity contribution in [3.05, 3.63) is 24.8 Å². The predicted molar refractivity (Wildman–Crippen MR) is 92.9 cm³/mol. The normalized spacial score (nSPS) is 28.7. The third-order valence-electron chi connectivity index (χ3n) is 3.77. The Labute approximate surface area is 152 Å². The van der Waals surface area contributed by atoms with Gasteiger partial charge in [-0.05, 0) is 6.42 Å². The van der Waals surface area contributed by atoms with Crippen molar-refractivity contribution >= 4 is 11.8 Å². The third kappa shape index (κ3) is 7.22. The van der Waals surface area contributed by atoms with Crippen LogP contribution in [0, 0.1) is 0 Å². The van der Waals surface area contributed by atoms with Gasteiger partial charge in [0, 0.05) is 19.9 Å². The summed E-state index contributed by atoms with van der Waals surface area (Å²) in [5.74, 6) is -0.573. The van der Waals surface area contributed by atoms with Crippen LogP contribution in [0.1, 0.15) is 19.8 Å². The number of carbonyl (C=O) groups excluding carboxylic acids is 2. The highest BCUT2D eigenvalue weighted by molar-refractivity contribution is 5.76. The van der Waals surface area contributed by atoms with Crippen LogP contribution in [0.4, 0.5) is 0 Å². The summed E-state index contributed by atoms with van der Waals surface area (Å²) in [6, 6.07) is -0.995. The lowest BCUT2D eigenvalue weighted by Gasteiger charge is -2.42. The fourth-order valence-electron chi connectivity index (χ4n) is 2.47. The summed E-state index contributed by atoms with van der Waals surface area (Å²) >= 11 is 0. The summed E-state index contributed by atoms with van der Waals surface area (Å²) in [5, 5.41) is 34.4. The standard InChI is InChI=1S/C17H28N2O7/c1-3-4-5-6-7-13(22)18-8-9-25-17-14(19-11(2)21)16(24)15(23)12(10-20)26-17/h3-5,12,14-17,20,23-24H,1,6-10H2,2H3,(H,18,22)(H,19,21)/b5-4+/t12-,14+,15-,16-,17+/m1/s1. The van der Waals surface area contributed by atoms with Gasteiger partial charge in [0.15, 0.2) is 6.29 Å². The Balaban J connectivity index is 2.46. The van der Waals surface area contributed by atoms with Crippen molar-refractivity contribution in [2.45, 2.75) is 50.4 Å². The predicted octanol–water partition coefficient (Wildman–Crippen LogP) is -1.41. The van der Waals surface area contributed by atoms with E-state index in [-0.39, 0.29) is 19.1 Å². The molecule has 5 N–H and O–H groups in total. The maximum atomic E-state index is 11.6. The lowest BCUT2D eigenvalue weighted by molar-refractivity contribution is -0.269. The summed E-state index contributed by atoms with van der Waals surface area (Å²) in [7, 11) is 0. The number of aliphatic hydroxyl groups is 3. The molecule has 1 rings (SSSR count). The van der Waals surface area contributed by atoms with Crippen LogP contribution in [0.5, 0.6) is 0 Å². The zero-order valence-electron chi connectivity index (χ0n) is 14.8. The topological polar surface area (TPSA) is 137 Å². The summed E-state index contributed by atoms with van der Waals surface area (Å²) in [6.45, 7) is 4.55. The van der Waals surface area contributed by atoms with Crippen LogP contribution in [0.15, 0.2) is 24.8 Å². The molecule has 1 saturated heterocycles. The van der Waals surface area contributed by atoms with Crippen LogP contribution < -0.4 is 10.6 Å². The summed E-state index contributed by atoms with van der Waals surface area (Å²) < 4.78 is 10.9. The van der Waals surface area contributed by atoms with E-state index in [0.717, 1.165) is 0 Å². The highest BCUT2D eigenvalue weighted by Gasteiger charge is 2.45. The Morgan fingerprint density at radius 1 is 1.31 bits per heavy atom. The second-order valence-electron chi connectivity index (χ2n) is 5.86. The van der Waals surface area contributed by atoms with Gasteiger partial charge in [0.25, 0.3) is 0 Å². The number of hydrogen-bond donors (Lipinski definition) is 5. The number of rotatable bonds is 10. The van der Waals surface area contributed by atoms with E-state index in [0.29, 0.717) is 12.8 Å². The quantitative estimate of drug-likeness (QED) is 0.235. The van der Waals surface area contributed by atoms with Crippen LogP contribution in [0.25, 0.3) is 0 Å². The lowest BCUT2D eigenvalue weighted by Crippen LogP contribution is -2.64. The smallest absolute Gasteiger partial charge is 0.220 e. The molecule has 0 unspecified atom stereocenters. The molecular formula is C17H28N2O7. The number of aliphatic hydroxyl groups excluding tert-OH is 3. The Morgan fingerprint density at radius 3 is 2.65 bits per heavy atom.